The molecule has 0 saturated carbocycles. The lowest BCUT2D eigenvalue weighted by Gasteiger charge is -2.28. The number of benzene rings is 3. The number of anilines is 3. The molecule has 0 amide bonds. The van der Waals surface area contributed by atoms with Crippen molar-refractivity contribution >= 4 is 40.8 Å². The number of nitrogens with two attached hydrogens (primary N) is 1. The zero-order valence-electron chi connectivity index (χ0n) is 22.3. The van der Waals surface area contributed by atoms with Gasteiger partial charge < -0.3 is 20.7 Å². The number of likely N-dealkylation sites (N-methyl/N-ethyl adjacent to an activating group) is 1. The van der Waals surface area contributed by atoms with E-state index in [1.807, 2.05) is 30.3 Å². The van der Waals surface area contributed by atoms with Crippen LogP contribution in [0, 0.1) is 22.9 Å². The Labute approximate surface area is 234 Å². The highest BCUT2D eigenvalue weighted by atomic mass is 19.2. The Morgan fingerprint density at radius 3 is 2.49 bits per heavy atom. The summed E-state index contributed by atoms with van der Waals surface area (Å²) in [4.78, 5) is 26.1. The number of nitrogens with one attached hydrogen (secondary N) is 2. The first-order chi connectivity index (χ1) is 19.7. The zero-order valence-corrected chi connectivity index (χ0v) is 22.3. The number of halogens is 3. The number of aliphatic imine (C=N–C) groups is 1. The van der Waals surface area contributed by atoms with E-state index in [9.17, 15) is 18.0 Å². The summed E-state index contributed by atoms with van der Waals surface area (Å²) in [6.07, 6.45) is 1.54. The van der Waals surface area contributed by atoms with Gasteiger partial charge in [-0.1, -0.05) is 24.3 Å². The second kappa shape index (κ2) is 12.3. The van der Waals surface area contributed by atoms with Crippen LogP contribution in [0.3, 0.4) is 0 Å². The van der Waals surface area contributed by atoms with Crippen molar-refractivity contribution < 1.29 is 22.7 Å². The highest BCUT2D eigenvalue weighted by molar-refractivity contribution is 6.16. The van der Waals surface area contributed by atoms with Gasteiger partial charge in [-0.15, -0.1) is 0 Å². The predicted octanol–water partition coefficient (Wildman–Crippen LogP) is 5.38. The highest BCUT2D eigenvalue weighted by Crippen LogP contribution is 2.29. The standard InChI is InChI=1S/C29H26F3N7O2/c1-16(29(39(2)17-8-5-4-6-9-17)38-21-11-7-10-20(30)19(21)14-40)37-28-23(27(34)35-15-36-28)26(33)18-12-13-22(41-3)25(32)24(18)31/h4-16,33H,1-3H3,(H3,34,35,36,37)/b33-26?,38-29-. The predicted molar refractivity (Wildman–Crippen MR) is 152 cm³/mol. The van der Waals surface area contributed by atoms with Crippen molar-refractivity contribution in [3.63, 3.8) is 0 Å². The van der Waals surface area contributed by atoms with E-state index < -0.39 is 29.2 Å². The van der Waals surface area contributed by atoms with Crippen molar-refractivity contribution in [3.8, 4) is 5.75 Å². The first kappa shape index (κ1) is 28.7. The highest BCUT2D eigenvalue weighted by Gasteiger charge is 2.25. The summed E-state index contributed by atoms with van der Waals surface area (Å²) in [5, 5.41) is 11.8. The summed E-state index contributed by atoms with van der Waals surface area (Å²) in [7, 11) is 2.93. The van der Waals surface area contributed by atoms with Crippen LogP contribution in [0.4, 0.5) is 36.2 Å². The molecule has 1 aromatic heterocycles. The van der Waals surface area contributed by atoms with E-state index in [1.165, 1.54) is 31.4 Å². The Hall–Kier alpha value is -5.26. The lowest BCUT2D eigenvalue weighted by Crippen LogP contribution is -2.40. The normalized spacial score (nSPS) is 12.0. The number of hydrogen-bond acceptors (Lipinski definition) is 8. The Kier molecular flexibility index (Phi) is 8.61. The van der Waals surface area contributed by atoms with E-state index in [2.05, 4.69) is 20.3 Å². The second-order valence-corrected chi connectivity index (χ2v) is 8.82. The van der Waals surface area contributed by atoms with Gasteiger partial charge in [0.05, 0.1) is 35.7 Å². The number of carbonyl (C=O) groups excluding carboxylic acids is 1. The number of nitrogens with zero attached hydrogens (tertiary/aromatic N) is 4. The fourth-order valence-corrected chi connectivity index (χ4v) is 4.15. The Balaban J connectivity index is 1.79. The summed E-state index contributed by atoms with van der Waals surface area (Å²) in [6, 6.07) is 14.9. The molecule has 4 rings (SSSR count). The molecule has 0 radical (unpaired) electrons. The minimum absolute atomic E-state index is 0.0367. The quantitative estimate of drug-likeness (QED) is 0.142. The molecule has 4 aromatic rings. The van der Waals surface area contributed by atoms with Gasteiger partial charge in [-0.2, -0.15) is 4.39 Å². The molecule has 1 atom stereocenters. The van der Waals surface area contributed by atoms with Crippen molar-refractivity contribution in [1.29, 1.82) is 5.41 Å². The summed E-state index contributed by atoms with van der Waals surface area (Å²) in [5.74, 6) is -3.38. The molecule has 210 valence electrons. The van der Waals surface area contributed by atoms with Gasteiger partial charge in [-0.25, -0.2) is 23.7 Å². The van der Waals surface area contributed by atoms with Gasteiger partial charge in [-0.3, -0.25) is 10.2 Å². The molecule has 12 heteroatoms. The average molecular weight is 562 g/mol. The number of hydrogen-bond donors (Lipinski definition) is 3. The van der Waals surface area contributed by atoms with Crippen LogP contribution in [0.5, 0.6) is 5.75 Å². The van der Waals surface area contributed by atoms with Crippen molar-refractivity contribution in [2.75, 3.05) is 30.1 Å². The summed E-state index contributed by atoms with van der Waals surface area (Å²) in [5.41, 5.74) is 5.76. The molecular formula is C29H26F3N7O2. The van der Waals surface area contributed by atoms with Crippen molar-refractivity contribution in [1.82, 2.24) is 9.97 Å². The lowest BCUT2D eigenvalue weighted by molar-refractivity contribution is 0.112. The number of para-hydroxylation sites is 1. The van der Waals surface area contributed by atoms with Crippen LogP contribution in [0.25, 0.3) is 0 Å². The molecule has 0 aliphatic rings. The molecule has 41 heavy (non-hydrogen) atoms. The van der Waals surface area contributed by atoms with Gasteiger partial charge in [-0.05, 0) is 43.3 Å². The van der Waals surface area contributed by atoms with Crippen LogP contribution >= 0.6 is 0 Å². The topological polar surface area (TPSA) is 130 Å². The minimum Gasteiger partial charge on any atom is -0.494 e. The van der Waals surface area contributed by atoms with Crippen LogP contribution in [0.2, 0.25) is 0 Å². The maximum atomic E-state index is 14.9. The number of methoxy groups -OCH3 is 1. The average Bonchev–Trinajstić information content (AvgIpc) is 2.97. The molecule has 9 nitrogen and oxygen atoms in total. The number of aldehydes is 1. The third kappa shape index (κ3) is 5.86. The van der Waals surface area contributed by atoms with E-state index in [0.29, 0.717) is 12.1 Å². The smallest absolute Gasteiger partial charge is 0.201 e. The number of amidine groups is 1. The molecule has 0 aliphatic carbocycles. The number of nitrogen functional groups attached to an aromatic ring is 1. The molecular weight excluding hydrogens is 535 g/mol. The molecule has 1 heterocycles. The fraction of sp³-hybridized carbons (Fsp3) is 0.138. The summed E-state index contributed by atoms with van der Waals surface area (Å²) >= 11 is 0. The minimum atomic E-state index is -1.30. The van der Waals surface area contributed by atoms with Crippen molar-refractivity contribution in [3.05, 3.63) is 101 Å². The molecule has 0 spiro atoms. The first-order valence-electron chi connectivity index (χ1n) is 12.3. The van der Waals surface area contributed by atoms with Crippen LogP contribution < -0.4 is 20.7 Å². The SMILES string of the molecule is COc1ccc(C(=N)c2c(N)ncnc2NC(C)/C(=N/c2cccc(F)c2C=O)N(C)c2ccccc2)c(F)c1F. The third-order valence-corrected chi connectivity index (χ3v) is 6.27. The molecule has 0 aliphatic heterocycles. The first-order valence-corrected chi connectivity index (χ1v) is 12.3. The largest absolute Gasteiger partial charge is 0.494 e. The monoisotopic (exact) mass is 561 g/mol. The van der Waals surface area contributed by atoms with Crippen molar-refractivity contribution in [2.45, 2.75) is 13.0 Å². The van der Waals surface area contributed by atoms with E-state index in [-0.39, 0.29) is 39.8 Å². The second-order valence-electron chi connectivity index (χ2n) is 8.82. The van der Waals surface area contributed by atoms with Crippen LogP contribution in [0.15, 0.2) is 72.0 Å². The molecule has 3 aromatic carbocycles. The Morgan fingerprint density at radius 2 is 1.80 bits per heavy atom. The maximum Gasteiger partial charge on any atom is 0.201 e. The van der Waals surface area contributed by atoms with E-state index in [1.54, 1.807) is 18.9 Å². The number of carbonyl (C=O) groups is 1. The lowest BCUT2D eigenvalue weighted by atomic mass is 10.0. The third-order valence-electron chi connectivity index (χ3n) is 6.27. The van der Waals surface area contributed by atoms with Gasteiger partial charge in [0.2, 0.25) is 5.82 Å². The van der Waals surface area contributed by atoms with Gasteiger partial charge in [0.25, 0.3) is 0 Å². The van der Waals surface area contributed by atoms with Gasteiger partial charge in [0, 0.05) is 18.3 Å². The Bertz CT molecular complexity index is 1630. The molecule has 1 unspecified atom stereocenters. The fourth-order valence-electron chi connectivity index (χ4n) is 4.15. The number of ether oxygens (including phenoxy) is 1. The Morgan fingerprint density at radius 1 is 1.07 bits per heavy atom. The van der Waals surface area contributed by atoms with Crippen LogP contribution in [-0.4, -0.2) is 48.0 Å². The molecule has 0 bridgehead atoms. The zero-order chi connectivity index (χ0) is 29.7. The van der Waals surface area contributed by atoms with E-state index in [0.717, 1.165) is 18.1 Å². The summed E-state index contributed by atoms with van der Waals surface area (Å²) < 4.78 is 48.5. The maximum absolute atomic E-state index is 14.9. The molecule has 0 fully saturated rings. The van der Waals surface area contributed by atoms with Crippen LogP contribution in [-0.2, 0) is 0 Å². The van der Waals surface area contributed by atoms with Crippen molar-refractivity contribution in [2.24, 2.45) is 4.99 Å². The van der Waals surface area contributed by atoms with Gasteiger partial charge >= 0.3 is 0 Å². The van der Waals surface area contributed by atoms with E-state index >= 15 is 0 Å². The van der Waals surface area contributed by atoms with E-state index in [4.69, 9.17) is 15.9 Å². The van der Waals surface area contributed by atoms with Gasteiger partial charge in [0.15, 0.2) is 17.9 Å². The molecule has 4 N–H and O–H groups in total. The summed E-state index contributed by atoms with van der Waals surface area (Å²) in [6.45, 7) is 1.72. The van der Waals surface area contributed by atoms with Crippen LogP contribution in [0.1, 0.15) is 28.4 Å². The molecule has 0 saturated heterocycles. The number of aromatic nitrogens is 2. The number of rotatable bonds is 9. The van der Waals surface area contributed by atoms with Gasteiger partial charge in [0.1, 0.15) is 29.6 Å².